The number of aromatic nitrogens is 1. The number of hydrogen-bond acceptors (Lipinski definition) is 4. The van der Waals surface area contributed by atoms with Crippen molar-refractivity contribution in [2.75, 3.05) is 11.5 Å². The van der Waals surface area contributed by atoms with E-state index >= 15 is 0 Å². The summed E-state index contributed by atoms with van der Waals surface area (Å²) < 4.78 is 16.5. The molecule has 1 aromatic heterocycles. The molecule has 0 amide bonds. The van der Waals surface area contributed by atoms with Gasteiger partial charge in [-0.05, 0) is 33.6 Å². The molecule has 17 heavy (non-hydrogen) atoms. The molecular weight excluding hydrogens is 236 g/mol. The van der Waals surface area contributed by atoms with Crippen LogP contribution in [0.25, 0.3) is 0 Å². The molecule has 1 unspecified atom stereocenters. The zero-order valence-corrected chi connectivity index (χ0v) is 11.5. The smallest absolute Gasteiger partial charge is 0.138 e. The van der Waals surface area contributed by atoms with Gasteiger partial charge in [-0.15, -0.1) is 0 Å². The number of nitrogens with one attached hydrogen (secondary N) is 1. The quantitative estimate of drug-likeness (QED) is 0.896. The molecule has 1 fully saturated rings. The second-order valence-corrected chi connectivity index (χ2v) is 6.44. The molecule has 0 saturated carbocycles. The van der Waals surface area contributed by atoms with Crippen LogP contribution in [0.1, 0.15) is 42.8 Å². The predicted molar refractivity (Wildman–Crippen MR) is 68.4 cm³/mol. The second-order valence-electron chi connectivity index (χ2n) is 4.75. The monoisotopic (exact) mass is 256 g/mol. The van der Waals surface area contributed by atoms with Crippen molar-refractivity contribution in [3.05, 3.63) is 17.0 Å². The lowest BCUT2D eigenvalue weighted by molar-refractivity contribution is 0.386. The van der Waals surface area contributed by atoms with Gasteiger partial charge in [0.05, 0.1) is 5.69 Å². The summed E-state index contributed by atoms with van der Waals surface area (Å²) in [6.45, 7) is 6.06. The van der Waals surface area contributed by atoms with E-state index in [2.05, 4.69) is 17.4 Å². The summed E-state index contributed by atoms with van der Waals surface area (Å²) in [6, 6.07) is 0.717. The van der Waals surface area contributed by atoms with Crippen molar-refractivity contribution in [2.45, 2.75) is 45.7 Å². The Morgan fingerprint density at radius 2 is 2.06 bits per heavy atom. The number of aryl methyl sites for hydroxylation is 2. The molecule has 0 aromatic carbocycles. The van der Waals surface area contributed by atoms with Gasteiger partial charge in [-0.25, -0.2) is 0 Å². The lowest BCUT2D eigenvalue weighted by atomic mass is 10.0. The van der Waals surface area contributed by atoms with Gasteiger partial charge in [-0.1, -0.05) is 5.16 Å². The Hall–Kier alpha value is -0.680. The van der Waals surface area contributed by atoms with Crippen LogP contribution in [0.15, 0.2) is 4.52 Å². The molecule has 0 aliphatic carbocycles. The van der Waals surface area contributed by atoms with Gasteiger partial charge >= 0.3 is 0 Å². The SMILES string of the molecule is Cc1noc(C)c1C(C)NC1CCS(=O)CC1. The molecule has 0 radical (unpaired) electrons. The summed E-state index contributed by atoms with van der Waals surface area (Å²) in [5.74, 6) is 2.54. The van der Waals surface area contributed by atoms with Crippen molar-refractivity contribution < 1.29 is 8.73 Å². The van der Waals surface area contributed by atoms with Crippen LogP contribution in [0.4, 0.5) is 0 Å². The fourth-order valence-corrected chi connectivity index (χ4v) is 3.80. The van der Waals surface area contributed by atoms with E-state index in [1.54, 1.807) is 0 Å². The molecule has 2 rings (SSSR count). The highest BCUT2D eigenvalue weighted by Gasteiger charge is 2.22. The summed E-state index contributed by atoms with van der Waals surface area (Å²) in [6.07, 6.45) is 2.00. The van der Waals surface area contributed by atoms with E-state index in [4.69, 9.17) is 4.52 Å². The van der Waals surface area contributed by atoms with E-state index in [0.29, 0.717) is 6.04 Å². The highest BCUT2D eigenvalue weighted by molar-refractivity contribution is 7.85. The molecule has 2 heterocycles. The highest BCUT2D eigenvalue weighted by atomic mass is 32.2. The number of nitrogens with zero attached hydrogens (tertiary/aromatic N) is 1. The Balaban J connectivity index is 1.97. The first kappa shape index (κ1) is 12.8. The van der Waals surface area contributed by atoms with Crippen molar-refractivity contribution in [2.24, 2.45) is 0 Å². The molecule has 1 saturated heterocycles. The number of rotatable bonds is 3. The first-order chi connectivity index (χ1) is 8.08. The average Bonchev–Trinajstić information content (AvgIpc) is 2.62. The lowest BCUT2D eigenvalue weighted by Gasteiger charge is -2.26. The molecule has 0 spiro atoms. The van der Waals surface area contributed by atoms with Gasteiger partial charge < -0.3 is 9.84 Å². The van der Waals surface area contributed by atoms with Crippen molar-refractivity contribution >= 4 is 10.8 Å². The maximum absolute atomic E-state index is 11.3. The Labute approximate surface area is 105 Å². The third-order valence-corrected chi connectivity index (χ3v) is 4.78. The van der Waals surface area contributed by atoms with Gasteiger partial charge in [0, 0.05) is 40.0 Å². The van der Waals surface area contributed by atoms with Crippen molar-refractivity contribution in [1.29, 1.82) is 0 Å². The Morgan fingerprint density at radius 3 is 2.59 bits per heavy atom. The minimum atomic E-state index is -0.592. The molecule has 4 nitrogen and oxygen atoms in total. The van der Waals surface area contributed by atoms with Gasteiger partial charge in [-0.3, -0.25) is 4.21 Å². The molecule has 1 aliphatic heterocycles. The van der Waals surface area contributed by atoms with Crippen LogP contribution in [-0.4, -0.2) is 26.9 Å². The Morgan fingerprint density at radius 1 is 1.41 bits per heavy atom. The standard InChI is InChI=1S/C12H20N2O2S/c1-8(12-9(2)14-16-10(12)3)13-11-4-6-17(15)7-5-11/h8,11,13H,4-7H2,1-3H3. The third kappa shape index (κ3) is 2.96. The molecule has 1 atom stereocenters. The van der Waals surface area contributed by atoms with Crippen LogP contribution in [-0.2, 0) is 10.8 Å². The van der Waals surface area contributed by atoms with Crippen molar-refractivity contribution in [3.63, 3.8) is 0 Å². The first-order valence-electron chi connectivity index (χ1n) is 6.11. The fraction of sp³-hybridized carbons (Fsp3) is 0.750. The summed E-state index contributed by atoms with van der Waals surface area (Å²) in [5.41, 5.74) is 2.12. The lowest BCUT2D eigenvalue weighted by Crippen LogP contribution is -2.37. The van der Waals surface area contributed by atoms with Crippen LogP contribution in [0.5, 0.6) is 0 Å². The molecule has 1 aromatic rings. The van der Waals surface area contributed by atoms with Crippen LogP contribution in [0.2, 0.25) is 0 Å². The van der Waals surface area contributed by atoms with Gasteiger partial charge in [0.2, 0.25) is 0 Å². The normalized spacial score (nSPS) is 27.0. The van der Waals surface area contributed by atoms with Crippen molar-refractivity contribution in [1.82, 2.24) is 10.5 Å². The molecule has 1 aliphatic rings. The largest absolute Gasteiger partial charge is 0.361 e. The number of hydrogen-bond donors (Lipinski definition) is 1. The maximum atomic E-state index is 11.3. The van der Waals surface area contributed by atoms with E-state index in [9.17, 15) is 4.21 Å². The summed E-state index contributed by atoms with van der Waals surface area (Å²) in [5, 5.41) is 7.57. The van der Waals surface area contributed by atoms with E-state index in [-0.39, 0.29) is 6.04 Å². The molecule has 1 N–H and O–H groups in total. The van der Waals surface area contributed by atoms with Gasteiger partial charge in [0.25, 0.3) is 0 Å². The molecule has 96 valence electrons. The van der Waals surface area contributed by atoms with Crippen LogP contribution < -0.4 is 5.32 Å². The molecule has 0 bridgehead atoms. The topological polar surface area (TPSA) is 55.1 Å². The van der Waals surface area contributed by atoms with E-state index < -0.39 is 10.8 Å². The average molecular weight is 256 g/mol. The van der Waals surface area contributed by atoms with E-state index in [1.807, 2.05) is 13.8 Å². The van der Waals surface area contributed by atoms with Crippen LogP contribution in [0, 0.1) is 13.8 Å². The summed E-state index contributed by atoms with van der Waals surface area (Å²) in [7, 11) is -0.592. The highest BCUT2D eigenvalue weighted by Crippen LogP contribution is 2.23. The Kier molecular flexibility index (Phi) is 3.99. The molecule has 5 heteroatoms. The van der Waals surface area contributed by atoms with Crippen LogP contribution >= 0.6 is 0 Å². The van der Waals surface area contributed by atoms with Crippen LogP contribution in [0.3, 0.4) is 0 Å². The zero-order chi connectivity index (χ0) is 12.4. The fourth-order valence-electron chi connectivity index (χ4n) is 2.51. The predicted octanol–water partition coefficient (Wildman–Crippen LogP) is 1.85. The van der Waals surface area contributed by atoms with E-state index in [1.165, 1.54) is 0 Å². The third-order valence-electron chi connectivity index (χ3n) is 3.40. The Bertz CT molecular complexity index is 387. The zero-order valence-electron chi connectivity index (χ0n) is 10.7. The first-order valence-corrected chi connectivity index (χ1v) is 7.60. The van der Waals surface area contributed by atoms with E-state index in [0.717, 1.165) is 41.4 Å². The summed E-state index contributed by atoms with van der Waals surface area (Å²) >= 11 is 0. The minimum Gasteiger partial charge on any atom is -0.361 e. The van der Waals surface area contributed by atoms with Crippen molar-refractivity contribution in [3.8, 4) is 0 Å². The summed E-state index contributed by atoms with van der Waals surface area (Å²) in [4.78, 5) is 0. The van der Waals surface area contributed by atoms with Gasteiger partial charge in [0.15, 0.2) is 0 Å². The van der Waals surface area contributed by atoms with Gasteiger partial charge in [-0.2, -0.15) is 0 Å². The van der Waals surface area contributed by atoms with Gasteiger partial charge in [0.1, 0.15) is 5.76 Å². The second kappa shape index (κ2) is 5.31. The minimum absolute atomic E-state index is 0.248. The molecular formula is C12H20N2O2S. The maximum Gasteiger partial charge on any atom is 0.138 e.